The van der Waals surface area contributed by atoms with Gasteiger partial charge in [-0.3, -0.25) is 0 Å². The summed E-state index contributed by atoms with van der Waals surface area (Å²) in [5.41, 5.74) is 0.415. The number of aryl methyl sites for hydroxylation is 1. The summed E-state index contributed by atoms with van der Waals surface area (Å²) in [5, 5.41) is -0.0861. The monoisotopic (exact) mass is 254 g/mol. The van der Waals surface area contributed by atoms with Gasteiger partial charge in [0.05, 0.1) is 10.6 Å². The van der Waals surface area contributed by atoms with E-state index in [4.69, 9.17) is 11.6 Å². The van der Waals surface area contributed by atoms with Gasteiger partial charge in [-0.1, -0.05) is 11.6 Å². The maximum Gasteiger partial charge on any atom is 0.451 e. The quantitative estimate of drug-likeness (QED) is 0.665. The van der Waals surface area contributed by atoms with Gasteiger partial charge in [-0.05, 0) is 18.6 Å². The maximum absolute atomic E-state index is 12.3. The topological polar surface area (TPSA) is 25.8 Å². The molecular formula is C8H6ClF3N2S. The number of halogens is 4. The van der Waals surface area contributed by atoms with E-state index in [1.54, 1.807) is 0 Å². The van der Waals surface area contributed by atoms with Gasteiger partial charge in [0.25, 0.3) is 0 Å². The molecule has 0 atom stereocenters. The molecule has 0 radical (unpaired) electrons. The molecule has 2 heterocycles. The van der Waals surface area contributed by atoms with Crippen molar-refractivity contribution in [3.05, 3.63) is 16.7 Å². The van der Waals surface area contributed by atoms with Gasteiger partial charge in [0.2, 0.25) is 5.82 Å². The summed E-state index contributed by atoms with van der Waals surface area (Å²) in [4.78, 5) is 7.36. The van der Waals surface area contributed by atoms with Gasteiger partial charge in [-0.25, -0.2) is 9.97 Å². The van der Waals surface area contributed by atoms with Crippen LogP contribution in [0.5, 0.6) is 0 Å². The highest BCUT2D eigenvalue weighted by Crippen LogP contribution is 2.36. The summed E-state index contributed by atoms with van der Waals surface area (Å²) in [7, 11) is 0. The Morgan fingerprint density at radius 3 is 2.67 bits per heavy atom. The first-order valence-electron chi connectivity index (χ1n) is 4.25. The molecule has 15 heavy (non-hydrogen) atoms. The largest absolute Gasteiger partial charge is 0.451 e. The standard InChI is InChI=1S/C8H6ClF3N2S/c9-6-5-4(2-1-3-15-5)13-7(14-6)8(10,11)12/h1-3H2. The fourth-order valence-electron chi connectivity index (χ4n) is 1.32. The molecule has 0 spiro atoms. The molecule has 1 aromatic heterocycles. The van der Waals surface area contributed by atoms with Crippen LogP contribution in [0, 0.1) is 0 Å². The van der Waals surface area contributed by atoms with Crippen molar-refractivity contribution in [2.24, 2.45) is 0 Å². The van der Waals surface area contributed by atoms with Crippen molar-refractivity contribution in [2.75, 3.05) is 5.75 Å². The Kier molecular flexibility index (Phi) is 2.81. The minimum absolute atomic E-state index is 0.0861. The zero-order chi connectivity index (χ0) is 11.1. The van der Waals surface area contributed by atoms with Crippen LogP contribution in [0.1, 0.15) is 17.9 Å². The number of alkyl halides is 3. The highest BCUT2D eigenvalue weighted by molar-refractivity contribution is 7.99. The van der Waals surface area contributed by atoms with Crippen LogP contribution in [0.15, 0.2) is 4.90 Å². The van der Waals surface area contributed by atoms with E-state index in [9.17, 15) is 13.2 Å². The van der Waals surface area contributed by atoms with E-state index in [-0.39, 0.29) is 5.15 Å². The van der Waals surface area contributed by atoms with E-state index >= 15 is 0 Å². The minimum atomic E-state index is -4.53. The normalized spacial score (nSPS) is 16.3. The zero-order valence-corrected chi connectivity index (χ0v) is 9.01. The van der Waals surface area contributed by atoms with Gasteiger partial charge in [0, 0.05) is 0 Å². The summed E-state index contributed by atoms with van der Waals surface area (Å²) in [5.74, 6) is -0.296. The summed E-state index contributed by atoms with van der Waals surface area (Å²) >= 11 is 7.09. The van der Waals surface area contributed by atoms with E-state index in [0.717, 1.165) is 12.2 Å². The van der Waals surface area contributed by atoms with Gasteiger partial charge in [-0.15, -0.1) is 11.8 Å². The Morgan fingerprint density at radius 2 is 2.00 bits per heavy atom. The molecule has 2 rings (SSSR count). The van der Waals surface area contributed by atoms with Crippen LogP contribution in [0.4, 0.5) is 13.2 Å². The number of hydrogen-bond acceptors (Lipinski definition) is 3. The highest BCUT2D eigenvalue weighted by Gasteiger charge is 2.36. The maximum atomic E-state index is 12.3. The van der Waals surface area contributed by atoms with Gasteiger partial charge in [0.1, 0.15) is 5.15 Å². The Labute approximate surface area is 93.2 Å². The SMILES string of the molecule is FC(F)(F)c1nc(Cl)c2c(n1)CCCS2. The first kappa shape index (κ1) is 11.0. The number of fused-ring (bicyclic) bond motifs is 1. The predicted molar refractivity (Wildman–Crippen MR) is 51.1 cm³/mol. The van der Waals surface area contributed by atoms with Gasteiger partial charge < -0.3 is 0 Å². The molecule has 0 saturated heterocycles. The molecule has 1 aliphatic rings. The van der Waals surface area contributed by atoms with E-state index < -0.39 is 12.0 Å². The van der Waals surface area contributed by atoms with Crippen LogP contribution in [-0.4, -0.2) is 15.7 Å². The third kappa shape index (κ3) is 2.20. The van der Waals surface area contributed by atoms with Crippen molar-refractivity contribution < 1.29 is 13.2 Å². The number of nitrogens with zero attached hydrogens (tertiary/aromatic N) is 2. The van der Waals surface area contributed by atoms with E-state index in [1.165, 1.54) is 11.8 Å². The van der Waals surface area contributed by atoms with Crippen molar-refractivity contribution >= 4 is 23.4 Å². The molecule has 0 aliphatic carbocycles. The fraction of sp³-hybridized carbons (Fsp3) is 0.500. The van der Waals surface area contributed by atoms with Crippen molar-refractivity contribution in [2.45, 2.75) is 23.9 Å². The molecule has 1 aliphatic heterocycles. The van der Waals surface area contributed by atoms with E-state index in [1.807, 2.05) is 0 Å². The third-order valence-corrected chi connectivity index (χ3v) is 3.55. The molecule has 2 nitrogen and oxygen atoms in total. The van der Waals surface area contributed by atoms with Crippen molar-refractivity contribution in [3.8, 4) is 0 Å². The molecule has 1 aromatic rings. The van der Waals surface area contributed by atoms with E-state index in [0.29, 0.717) is 17.0 Å². The Bertz CT molecular complexity index is 394. The van der Waals surface area contributed by atoms with Crippen molar-refractivity contribution in [1.29, 1.82) is 0 Å². The molecule has 0 fully saturated rings. The van der Waals surface area contributed by atoms with Crippen LogP contribution in [-0.2, 0) is 12.6 Å². The average Bonchev–Trinajstić information content (AvgIpc) is 2.16. The fourth-order valence-corrected chi connectivity index (χ4v) is 2.64. The Balaban J connectivity index is 2.50. The van der Waals surface area contributed by atoms with Gasteiger partial charge in [-0.2, -0.15) is 13.2 Å². The molecule has 0 amide bonds. The molecule has 0 bridgehead atoms. The lowest BCUT2D eigenvalue weighted by atomic mass is 10.2. The van der Waals surface area contributed by atoms with Crippen molar-refractivity contribution in [1.82, 2.24) is 9.97 Å². The van der Waals surface area contributed by atoms with Crippen LogP contribution in [0.3, 0.4) is 0 Å². The molecule has 0 unspecified atom stereocenters. The van der Waals surface area contributed by atoms with Crippen LogP contribution < -0.4 is 0 Å². The second-order valence-electron chi connectivity index (χ2n) is 3.06. The smallest absolute Gasteiger partial charge is 0.228 e. The van der Waals surface area contributed by atoms with Gasteiger partial charge >= 0.3 is 6.18 Å². The molecule has 82 valence electrons. The first-order chi connectivity index (χ1) is 6.98. The highest BCUT2D eigenvalue weighted by atomic mass is 35.5. The number of thioether (sulfide) groups is 1. The molecule has 0 aromatic carbocycles. The molecular weight excluding hydrogens is 249 g/mol. The number of hydrogen-bond donors (Lipinski definition) is 0. The molecule has 0 saturated carbocycles. The third-order valence-electron chi connectivity index (χ3n) is 1.95. The Morgan fingerprint density at radius 1 is 1.27 bits per heavy atom. The summed E-state index contributed by atoms with van der Waals surface area (Å²) in [6, 6.07) is 0. The first-order valence-corrected chi connectivity index (χ1v) is 5.61. The summed E-state index contributed by atoms with van der Waals surface area (Å²) < 4.78 is 37.0. The van der Waals surface area contributed by atoms with Crippen LogP contribution in [0.25, 0.3) is 0 Å². The summed E-state index contributed by atoms with van der Waals surface area (Å²) in [6.07, 6.45) is -3.17. The lowest BCUT2D eigenvalue weighted by Crippen LogP contribution is -2.15. The van der Waals surface area contributed by atoms with Gasteiger partial charge in [0.15, 0.2) is 0 Å². The molecule has 0 N–H and O–H groups in total. The summed E-state index contributed by atoms with van der Waals surface area (Å²) in [6.45, 7) is 0. The number of rotatable bonds is 0. The van der Waals surface area contributed by atoms with Crippen LogP contribution in [0.2, 0.25) is 5.15 Å². The second-order valence-corrected chi connectivity index (χ2v) is 4.53. The second kappa shape index (κ2) is 3.83. The van der Waals surface area contributed by atoms with Crippen molar-refractivity contribution in [3.63, 3.8) is 0 Å². The lowest BCUT2D eigenvalue weighted by Gasteiger charge is -2.16. The average molecular weight is 255 g/mol. The van der Waals surface area contributed by atoms with Crippen LogP contribution >= 0.6 is 23.4 Å². The minimum Gasteiger partial charge on any atom is -0.228 e. The number of aromatic nitrogens is 2. The molecule has 7 heteroatoms. The zero-order valence-electron chi connectivity index (χ0n) is 7.44. The van der Waals surface area contributed by atoms with E-state index in [2.05, 4.69) is 9.97 Å². The Hall–Kier alpha value is -0.490. The lowest BCUT2D eigenvalue weighted by molar-refractivity contribution is -0.145. The predicted octanol–water partition coefficient (Wildman–Crippen LogP) is 3.19.